The predicted octanol–water partition coefficient (Wildman–Crippen LogP) is 4.72. The Balaban J connectivity index is 1.79. The maximum atomic E-state index is 14.0. The number of nitrogens with one attached hydrogen (secondary N) is 2. The van der Waals surface area contributed by atoms with Crippen LogP contribution in [0.2, 0.25) is 5.15 Å². The topological polar surface area (TPSA) is 76.0 Å². The van der Waals surface area contributed by atoms with Crippen LogP contribution in [0.4, 0.5) is 20.2 Å². The third-order valence-corrected chi connectivity index (χ3v) is 4.43. The van der Waals surface area contributed by atoms with Crippen molar-refractivity contribution in [2.75, 3.05) is 10.6 Å². The highest BCUT2D eigenvalue weighted by Crippen LogP contribution is 2.25. The average Bonchev–Trinajstić information content (AvgIpc) is 2.97. The zero-order chi connectivity index (χ0) is 21.8. The van der Waals surface area contributed by atoms with Crippen LogP contribution >= 0.6 is 11.6 Å². The molecule has 0 aliphatic carbocycles. The molecule has 0 saturated heterocycles. The van der Waals surface area contributed by atoms with Gasteiger partial charge in [0.1, 0.15) is 16.8 Å². The minimum atomic E-state index is -0.649. The molecule has 0 fully saturated rings. The Labute approximate surface area is 176 Å². The maximum absolute atomic E-state index is 14.0. The molecule has 6 nitrogen and oxygen atoms in total. The molecular formula is C21H17ClF2N4O2. The van der Waals surface area contributed by atoms with E-state index in [0.717, 1.165) is 6.07 Å². The Morgan fingerprint density at radius 1 is 1.10 bits per heavy atom. The standard InChI is InChI=1S/C21H17ClF2N4O2/c1-12-17(21(22)28(27-12)16-6-3-14(23)4-7-16)8-10-20(30)26-19-11-15(25-13(2)29)5-9-18(19)24/h3-11H,1-2H3,(H,25,29)(H,26,30)/b10-8+. The van der Waals surface area contributed by atoms with Crippen molar-refractivity contribution >= 4 is 40.9 Å². The van der Waals surface area contributed by atoms with Gasteiger partial charge >= 0.3 is 0 Å². The van der Waals surface area contributed by atoms with Gasteiger partial charge in [-0.3, -0.25) is 9.59 Å². The zero-order valence-corrected chi connectivity index (χ0v) is 16.8. The lowest BCUT2D eigenvalue weighted by molar-refractivity contribution is -0.114. The second-order valence-corrected chi connectivity index (χ2v) is 6.73. The molecule has 3 aromatic rings. The van der Waals surface area contributed by atoms with Crippen LogP contribution < -0.4 is 10.6 Å². The number of amides is 2. The van der Waals surface area contributed by atoms with Crippen LogP contribution in [0.15, 0.2) is 48.5 Å². The van der Waals surface area contributed by atoms with Crippen molar-refractivity contribution < 1.29 is 18.4 Å². The second kappa shape index (κ2) is 8.87. The van der Waals surface area contributed by atoms with Crippen LogP contribution in [0.3, 0.4) is 0 Å². The van der Waals surface area contributed by atoms with Gasteiger partial charge in [0, 0.05) is 24.3 Å². The van der Waals surface area contributed by atoms with Crippen LogP contribution in [-0.2, 0) is 9.59 Å². The molecule has 2 aromatic carbocycles. The first-order chi connectivity index (χ1) is 14.2. The molecule has 0 aliphatic heterocycles. The molecule has 0 bridgehead atoms. The normalized spacial score (nSPS) is 11.0. The van der Waals surface area contributed by atoms with Gasteiger partial charge in [0.2, 0.25) is 11.8 Å². The summed E-state index contributed by atoms with van der Waals surface area (Å²) in [6, 6.07) is 9.46. The Morgan fingerprint density at radius 3 is 2.47 bits per heavy atom. The van der Waals surface area contributed by atoms with E-state index in [0.29, 0.717) is 22.6 Å². The van der Waals surface area contributed by atoms with Crippen LogP contribution in [0.5, 0.6) is 0 Å². The first-order valence-electron chi connectivity index (χ1n) is 8.82. The average molecular weight is 431 g/mol. The number of rotatable bonds is 5. The quantitative estimate of drug-likeness (QED) is 0.575. The highest BCUT2D eigenvalue weighted by Gasteiger charge is 2.13. The van der Waals surface area contributed by atoms with Crippen LogP contribution in [0, 0.1) is 18.6 Å². The van der Waals surface area contributed by atoms with E-state index in [2.05, 4.69) is 15.7 Å². The monoisotopic (exact) mass is 430 g/mol. The number of anilines is 2. The molecule has 30 heavy (non-hydrogen) atoms. The zero-order valence-electron chi connectivity index (χ0n) is 16.0. The molecule has 1 aromatic heterocycles. The van der Waals surface area contributed by atoms with Crippen molar-refractivity contribution in [3.8, 4) is 5.69 Å². The first kappa shape index (κ1) is 21.2. The molecule has 0 atom stereocenters. The van der Waals surface area contributed by atoms with Gasteiger partial charge < -0.3 is 10.6 Å². The number of hydrogen-bond donors (Lipinski definition) is 2. The Hall–Kier alpha value is -3.52. The third kappa shape index (κ3) is 4.90. The van der Waals surface area contributed by atoms with Crippen molar-refractivity contribution in [2.45, 2.75) is 13.8 Å². The molecule has 0 radical (unpaired) electrons. The number of benzene rings is 2. The number of aryl methyl sites for hydroxylation is 1. The third-order valence-electron chi connectivity index (χ3n) is 4.07. The summed E-state index contributed by atoms with van der Waals surface area (Å²) in [5.41, 5.74) is 1.87. The van der Waals surface area contributed by atoms with Crippen molar-refractivity contribution in [2.24, 2.45) is 0 Å². The Kier molecular flexibility index (Phi) is 6.27. The minimum absolute atomic E-state index is 0.0827. The minimum Gasteiger partial charge on any atom is -0.326 e. The van der Waals surface area contributed by atoms with Crippen molar-refractivity contribution in [1.29, 1.82) is 0 Å². The lowest BCUT2D eigenvalue weighted by atomic mass is 10.2. The van der Waals surface area contributed by atoms with Crippen LogP contribution in [0.1, 0.15) is 18.2 Å². The molecule has 9 heteroatoms. The molecule has 0 saturated carbocycles. The number of aromatic nitrogens is 2. The van der Waals surface area contributed by atoms with E-state index < -0.39 is 11.7 Å². The first-order valence-corrected chi connectivity index (χ1v) is 9.19. The summed E-state index contributed by atoms with van der Waals surface area (Å²) in [5, 5.41) is 9.47. The van der Waals surface area contributed by atoms with Gasteiger partial charge in [0.15, 0.2) is 0 Å². The number of hydrogen-bond acceptors (Lipinski definition) is 3. The number of carbonyl (C=O) groups is 2. The van der Waals surface area contributed by atoms with Gasteiger partial charge in [-0.05, 0) is 55.5 Å². The lowest BCUT2D eigenvalue weighted by Gasteiger charge is -2.07. The molecule has 0 unspecified atom stereocenters. The molecule has 0 aliphatic rings. The molecule has 3 rings (SSSR count). The summed E-state index contributed by atoms with van der Waals surface area (Å²) >= 11 is 6.37. The van der Waals surface area contributed by atoms with Crippen molar-refractivity contribution in [3.63, 3.8) is 0 Å². The Morgan fingerprint density at radius 2 is 1.80 bits per heavy atom. The molecule has 2 amide bonds. The van der Waals surface area contributed by atoms with Crippen LogP contribution in [0.25, 0.3) is 11.8 Å². The Bertz CT molecular complexity index is 1140. The van der Waals surface area contributed by atoms with Gasteiger partial charge in [0.05, 0.1) is 17.1 Å². The van der Waals surface area contributed by atoms with Crippen LogP contribution in [-0.4, -0.2) is 21.6 Å². The number of nitrogens with zero attached hydrogens (tertiary/aromatic N) is 2. The smallest absolute Gasteiger partial charge is 0.248 e. The van der Waals surface area contributed by atoms with E-state index in [1.807, 2.05) is 0 Å². The fraction of sp³-hybridized carbons (Fsp3) is 0.0952. The fourth-order valence-electron chi connectivity index (χ4n) is 2.69. The van der Waals surface area contributed by atoms with Gasteiger partial charge in [0.25, 0.3) is 0 Å². The SMILES string of the molecule is CC(=O)Nc1ccc(F)c(NC(=O)/C=C/c2c(C)nn(-c3ccc(F)cc3)c2Cl)c1. The van der Waals surface area contributed by atoms with E-state index in [9.17, 15) is 18.4 Å². The number of halogens is 3. The van der Waals surface area contributed by atoms with E-state index in [1.165, 1.54) is 60.2 Å². The van der Waals surface area contributed by atoms with Gasteiger partial charge in [-0.15, -0.1) is 0 Å². The van der Waals surface area contributed by atoms with Gasteiger partial charge in [-0.1, -0.05) is 11.6 Å². The summed E-state index contributed by atoms with van der Waals surface area (Å²) in [4.78, 5) is 23.4. The predicted molar refractivity (Wildman–Crippen MR) is 112 cm³/mol. The number of carbonyl (C=O) groups excluding carboxylic acids is 2. The summed E-state index contributed by atoms with van der Waals surface area (Å²) in [6.45, 7) is 3.03. The van der Waals surface area contributed by atoms with E-state index in [4.69, 9.17) is 11.6 Å². The highest BCUT2D eigenvalue weighted by atomic mass is 35.5. The molecular weight excluding hydrogens is 414 g/mol. The van der Waals surface area contributed by atoms with E-state index in [-0.39, 0.29) is 22.6 Å². The maximum Gasteiger partial charge on any atom is 0.248 e. The summed E-state index contributed by atoms with van der Waals surface area (Å²) in [6.07, 6.45) is 2.64. The molecule has 2 N–H and O–H groups in total. The summed E-state index contributed by atoms with van der Waals surface area (Å²) in [5.74, 6) is -1.95. The molecule has 154 valence electrons. The molecule has 1 heterocycles. The van der Waals surface area contributed by atoms with Gasteiger partial charge in [-0.2, -0.15) is 5.10 Å². The highest BCUT2D eigenvalue weighted by molar-refractivity contribution is 6.31. The fourth-order valence-corrected chi connectivity index (χ4v) is 3.02. The summed E-state index contributed by atoms with van der Waals surface area (Å²) in [7, 11) is 0. The van der Waals surface area contributed by atoms with Crippen molar-refractivity contribution in [1.82, 2.24) is 9.78 Å². The van der Waals surface area contributed by atoms with E-state index >= 15 is 0 Å². The van der Waals surface area contributed by atoms with E-state index in [1.54, 1.807) is 6.92 Å². The van der Waals surface area contributed by atoms with Gasteiger partial charge in [-0.25, -0.2) is 13.5 Å². The second-order valence-electron chi connectivity index (χ2n) is 6.38. The lowest BCUT2D eigenvalue weighted by Crippen LogP contribution is -2.11. The molecule has 0 spiro atoms. The largest absolute Gasteiger partial charge is 0.326 e. The van der Waals surface area contributed by atoms with Crippen molar-refractivity contribution in [3.05, 3.63) is 76.6 Å². The summed E-state index contributed by atoms with van der Waals surface area (Å²) < 4.78 is 28.5.